The van der Waals surface area contributed by atoms with Gasteiger partial charge in [-0.3, -0.25) is 14.5 Å². The molecule has 3 N–H and O–H groups in total. The number of carbonyl (C=O) groups excluding carboxylic acids is 2. The quantitative estimate of drug-likeness (QED) is 0.737. The van der Waals surface area contributed by atoms with Crippen LogP contribution in [0.15, 0.2) is 46.3 Å². The molecule has 2 aromatic rings. The monoisotopic (exact) mass is 409 g/mol. The highest BCUT2D eigenvalue weighted by Crippen LogP contribution is 2.23. The molecule has 1 heterocycles. The molecule has 1 aromatic carbocycles. The van der Waals surface area contributed by atoms with Crippen molar-refractivity contribution in [2.45, 2.75) is 19.0 Å². The van der Waals surface area contributed by atoms with Gasteiger partial charge in [-0.05, 0) is 43.1 Å². The summed E-state index contributed by atoms with van der Waals surface area (Å²) in [6, 6.07) is 10.6. The van der Waals surface area contributed by atoms with E-state index >= 15 is 0 Å². The number of halogens is 1. The number of hydrogen-bond donors (Lipinski definition) is 2. The van der Waals surface area contributed by atoms with E-state index in [1.807, 2.05) is 48.7 Å². The fraction of sp³-hybridized carbons (Fsp3) is 0.294. The molecule has 0 aliphatic carbocycles. The Morgan fingerprint density at radius 1 is 1.33 bits per heavy atom. The maximum Gasteiger partial charge on any atom is 0.239 e. The lowest BCUT2D eigenvalue weighted by Gasteiger charge is -2.26. The minimum Gasteiger partial charge on any atom is -0.368 e. The van der Waals surface area contributed by atoms with E-state index in [-0.39, 0.29) is 18.5 Å². The molecule has 7 heteroatoms. The highest BCUT2D eigenvalue weighted by Gasteiger charge is 2.25. The molecule has 0 aliphatic heterocycles. The Morgan fingerprint density at radius 3 is 2.67 bits per heavy atom. The van der Waals surface area contributed by atoms with Crippen LogP contribution < -0.4 is 11.1 Å². The first-order chi connectivity index (χ1) is 11.4. The molecule has 2 atom stereocenters. The second-order valence-electron chi connectivity index (χ2n) is 5.58. The molecule has 0 unspecified atom stereocenters. The van der Waals surface area contributed by atoms with Crippen LogP contribution in [0.5, 0.6) is 0 Å². The van der Waals surface area contributed by atoms with Gasteiger partial charge in [0.2, 0.25) is 11.8 Å². The number of carbonyl (C=O) groups is 2. The van der Waals surface area contributed by atoms with Crippen LogP contribution >= 0.6 is 27.3 Å². The standard InChI is InChI=1S/C17H20BrN3O2S/c1-11(14-7-4-8-24-14)20-15(22)10-21(2)16(17(19)23)12-5-3-6-13(18)9-12/h3-9,11,16H,10H2,1-2H3,(H2,19,23)(H,20,22)/t11-,16+/m1/s1. The highest BCUT2D eigenvalue weighted by atomic mass is 79.9. The van der Waals surface area contributed by atoms with Crippen molar-refractivity contribution in [1.29, 1.82) is 0 Å². The second-order valence-corrected chi connectivity index (χ2v) is 7.47. The molecule has 0 spiro atoms. The van der Waals surface area contributed by atoms with Crippen LogP contribution in [0.2, 0.25) is 0 Å². The summed E-state index contributed by atoms with van der Waals surface area (Å²) in [6.45, 7) is 2.01. The first kappa shape index (κ1) is 18.6. The number of thiophene rings is 1. The summed E-state index contributed by atoms with van der Waals surface area (Å²) < 4.78 is 0.857. The Hall–Kier alpha value is -1.70. The van der Waals surface area contributed by atoms with E-state index in [9.17, 15) is 9.59 Å². The van der Waals surface area contributed by atoms with Crippen LogP contribution in [-0.2, 0) is 9.59 Å². The van der Waals surface area contributed by atoms with Gasteiger partial charge in [0, 0.05) is 9.35 Å². The summed E-state index contributed by atoms with van der Waals surface area (Å²) in [4.78, 5) is 26.9. The zero-order valence-corrected chi connectivity index (χ0v) is 15.9. The zero-order chi connectivity index (χ0) is 17.7. The molecule has 0 fully saturated rings. The number of hydrogen-bond acceptors (Lipinski definition) is 4. The number of likely N-dealkylation sites (N-methyl/N-ethyl adjacent to an activating group) is 1. The van der Waals surface area contributed by atoms with E-state index in [1.54, 1.807) is 23.3 Å². The van der Waals surface area contributed by atoms with Crippen LogP contribution in [-0.4, -0.2) is 30.3 Å². The third kappa shape index (κ3) is 4.90. The molecular formula is C17H20BrN3O2S. The predicted molar refractivity (Wildman–Crippen MR) is 99.6 cm³/mol. The number of nitrogens with one attached hydrogen (secondary N) is 1. The van der Waals surface area contributed by atoms with Gasteiger partial charge >= 0.3 is 0 Å². The molecule has 2 rings (SSSR count). The van der Waals surface area contributed by atoms with Gasteiger partial charge in [-0.1, -0.05) is 34.1 Å². The van der Waals surface area contributed by atoms with Gasteiger partial charge in [-0.15, -0.1) is 11.3 Å². The first-order valence-corrected chi connectivity index (χ1v) is 9.13. The average molecular weight is 410 g/mol. The summed E-state index contributed by atoms with van der Waals surface area (Å²) in [5.41, 5.74) is 6.30. The third-order valence-electron chi connectivity index (χ3n) is 3.62. The van der Waals surface area contributed by atoms with Gasteiger partial charge in [0.25, 0.3) is 0 Å². The van der Waals surface area contributed by atoms with Crippen molar-refractivity contribution in [2.24, 2.45) is 5.73 Å². The van der Waals surface area contributed by atoms with Gasteiger partial charge in [0.05, 0.1) is 12.6 Å². The van der Waals surface area contributed by atoms with Gasteiger partial charge in [-0.25, -0.2) is 0 Å². The molecule has 2 amide bonds. The third-order valence-corrected chi connectivity index (χ3v) is 5.16. The molecule has 0 radical (unpaired) electrons. The number of nitrogens with zero attached hydrogens (tertiary/aromatic N) is 1. The van der Waals surface area contributed by atoms with Gasteiger partial charge < -0.3 is 11.1 Å². The van der Waals surface area contributed by atoms with Crippen LogP contribution in [0.3, 0.4) is 0 Å². The first-order valence-electron chi connectivity index (χ1n) is 7.46. The molecule has 0 saturated carbocycles. The molecule has 5 nitrogen and oxygen atoms in total. The van der Waals surface area contributed by atoms with Crippen molar-refractivity contribution in [3.63, 3.8) is 0 Å². The lowest BCUT2D eigenvalue weighted by molar-refractivity contribution is -0.126. The Bertz CT molecular complexity index is 706. The van der Waals surface area contributed by atoms with Crippen molar-refractivity contribution in [1.82, 2.24) is 10.2 Å². The Balaban J connectivity index is 2.03. The molecule has 0 bridgehead atoms. The predicted octanol–water partition coefficient (Wildman–Crippen LogP) is 2.85. The largest absolute Gasteiger partial charge is 0.368 e. The zero-order valence-electron chi connectivity index (χ0n) is 13.5. The Labute approximate surface area is 154 Å². The van der Waals surface area contributed by atoms with Gasteiger partial charge in [0.15, 0.2) is 0 Å². The number of benzene rings is 1. The van der Waals surface area contributed by atoms with Crippen molar-refractivity contribution in [2.75, 3.05) is 13.6 Å². The molecule has 1 aromatic heterocycles. The SMILES string of the molecule is C[C@@H](NC(=O)CN(C)[C@H](C(N)=O)c1cccc(Br)c1)c1cccs1. The summed E-state index contributed by atoms with van der Waals surface area (Å²) in [5, 5.41) is 4.91. The average Bonchev–Trinajstić information content (AvgIpc) is 3.00. The Morgan fingerprint density at radius 2 is 2.08 bits per heavy atom. The van der Waals surface area contributed by atoms with Crippen molar-refractivity contribution in [3.8, 4) is 0 Å². The fourth-order valence-corrected chi connectivity index (χ4v) is 3.68. The van der Waals surface area contributed by atoms with E-state index in [4.69, 9.17) is 5.73 Å². The lowest BCUT2D eigenvalue weighted by atomic mass is 10.1. The topological polar surface area (TPSA) is 75.4 Å². The number of primary amides is 1. The normalized spacial score (nSPS) is 13.5. The Kier molecular flexibility index (Phi) is 6.53. The molecule has 0 aliphatic rings. The molecule has 24 heavy (non-hydrogen) atoms. The smallest absolute Gasteiger partial charge is 0.239 e. The fourth-order valence-electron chi connectivity index (χ4n) is 2.53. The molecule has 0 saturated heterocycles. The van der Waals surface area contributed by atoms with E-state index in [0.29, 0.717) is 0 Å². The minimum absolute atomic E-state index is 0.0659. The van der Waals surface area contributed by atoms with Gasteiger partial charge in [0.1, 0.15) is 6.04 Å². The summed E-state index contributed by atoms with van der Waals surface area (Å²) >= 11 is 4.98. The maximum absolute atomic E-state index is 12.3. The van der Waals surface area contributed by atoms with E-state index in [2.05, 4.69) is 21.2 Å². The van der Waals surface area contributed by atoms with Crippen molar-refractivity contribution >= 4 is 39.1 Å². The summed E-state index contributed by atoms with van der Waals surface area (Å²) in [5.74, 6) is -0.644. The van der Waals surface area contributed by atoms with Crippen molar-refractivity contribution < 1.29 is 9.59 Å². The minimum atomic E-state index is -0.662. The summed E-state index contributed by atoms with van der Waals surface area (Å²) in [6.07, 6.45) is 0. The second kappa shape index (κ2) is 8.41. The van der Waals surface area contributed by atoms with Gasteiger partial charge in [-0.2, -0.15) is 0 Å². The van der Waals surface area contributed by atoms with E-state index < -0.39 is 11.9 Å². The maximum atomic E-state index is 12.3. The van der Waals surface area contributed by atoms with E-state index in [0.717, 1.165) is 14.9 Å². The summed E-state index contributed by atoms with van der Waals surface area (Å²) in [7, 11) is 1.71. The van der Waals surface area contributed by atoms with E-state index in [1.165, 1.54) is 0 Å². The van der Waals surface area contributed by atoms with Crippen LogP contribution in [0, 0.1) is 0 Å². The van der Waals surface area contributed by atoms with Crippen LogP contribution in [0.1, 0.15) is 29.4 Å². The number of rotatable bonds is 7. The number of amides is 2. The van der Waals surface area contributed by atoms with Crippen LogP contribution in [0.4, 0.5) is 0 Å². The van der Waals surface area contributed by atoms with Crippen LogP contribution in [0.25, 0.3) is 0 Å². The highest BCUT2D eigenvalue weighted by molar-refractivity contribution is 9.10. The molecule has 128 valence electrons. The lowest BCUT2D eigenvalue weighted by Crippen LogP contribution is -2.42. The number of nitrogens with two attached hydrogens (primary N) is 1. The molecular weight excluding hydrogens is 390 g/mol. The van der Waals surface area contributed by atoms with Crippen molar-refractivity contribution in [3.05, 3.63) is 56.7 Å².